The van der Waals surface area contributed by atoms with Crippen LogP contribution < -0.4 is 10.5 Å². The summed E-state index contributed by atoms with van der Waals surface area (Å²) in [6, 6.07) is 5.15. The van der Waals surface area contributed by atoms with Crippen molar-refractivity contribution in [3.8, 4) is 5.75 Å². The molecule has 20 heavy (non-hydrogen) atoms. The van der Waals surface area contributed by atoms with Crippen LogP contribution in [0, 0.1) is 5.82 Å². The summed E-state index contributed by atoms with van der Waals surface area (Å²) in [5.41, 5.74) is 6.43. The van der Waals surface area contributed by atoms with E-state index >= 15 is 0 Å². The normalized spacial score (nSPS) is 24.4. The van der Waals surface area contributed by atoms with Gasteiger partial charge in [-0.3, -0.25) is 0 Å². The molecule has 1 aromatic carbocycles. The molecule has 4 heteroatoms. The van der Waals surface area contributed by atoms with Gasteiger partial charge in [0.25, 0.3) is 0 Å². The van der Waals surface area contributed by atoms with E-state index in [4.69, 9.17) is 15.2 Å². The molecule has 1 unspecified atom stereocenters. The maximum atomic E-state index is 14.0. The highest BCUT2D eigenvalue weighted by Crippen LogP contribution is 2.43. The number of rotatable bonds is 4. The van der Waals surface area contributed by atoms with Gasteiger partial charge in [0, 0.05) is 12.8 Å². The lowest BCUT2D eigenvalue weighted by molar-refractivity contribution is -0.153. The second-order valence-corrected chi connectivity index (χ2v) is 5.92. The average Bonchev–Trinajstić information content (AvgIpc) is 2.41. The van der Waals surface area contributed by atoms with Crippen LogP contribution in [0.5, 0.6) is 5.75 Å². The van der Waals surface area contributed by atoms with E-state index in [-0.39, 0.29) is 17.5 Å². The highest BCUT2D eigenvalue weighted by Gasteiger charge is 2.43. The molecule has 1 heterocycles. The molecule has 1 saturated heterocycles. The van der Waals surface area contributed by atoms with Crippen LogP contribution in [0.1, 0.15) is 37.7 Å². The minimum atomic E-state index is -0.287. The standard InChI is InChI=1S/C16H22FNO2/c17-14-10-12(4-8-18)2-3-15(14)20-13-5-9-19-16(11-13)6-1-7-16/h2-3,10,13H,1,4-9,11,18H2. The molecule has 3 rings (SSSR count). The zero-order valence-electron chi connectivity index (χ0n) is 11.7. The largest absolute Gasteiger partial charge is 0.487 e. The quantitative estimate of drug-likeness (QED) is 0.921. The second kappa shape index (κ2) is 5.70. The molecular formula is C16H22FNO2. The lowest BCUT2D eigenvalue weighted by Gasteiger charge is -2.46. The van der Waals surface area contributed by atoms with Crippen LogP contribution in [0.4, 0.5) is 4.39 Å². The van der Waals surface area contributed by atoms with Gasteiger partial charge in [-0.1, -0.05) is 6.07 Å². The Hall–Kier alpha value is -1.13. The van der Waals surface area contributed by atoms with Crippen molar-refractivity contribution in [2.75, 3.05) is 13.2 Å². The highest BCUT2D eigenvalue weighted by atomic mass is 19.1. The summed E-state index contributed by atoms with van der Waals surface area (Å²) in [5, 5.41) is 0. The Morgan fingerprint density at radius 2 is 2.25 bits per heavy atom. The number of halogens is 1. The summed E-state index contributed by atoms with van der Waals surface area (Å²) < 4.78 is 25.7. The van der Waals surface area contributed by atoms with Crippen LogP contribution in [0.2, 0.25) is 0 Å². The Morgan fingerprint density at radius 3 is 2.90 bits per heavy atom. The summed E-state index contributed by atoms with van der Waals surface area (Å²) in [6.45, 7) is 1.25. The van der Waals surface area contributed by atoms with Gasteiger partial charge < -0.3 is 15.2 Å². The first-order valence-corrected chi connectivity index (χ1v) is 7.50. The van der Waals surface area contributed by atoms with Gasteiger partial charge in [0.05, 0.1) is 12.2 Å². The predicted molar refractivity (Wildman–Crippen MR) is 75.3 cm³/mol. The van der Waals surface area contributed by atoms with E-state index in [2.05, 4.69) is 0 Å². The van der Waals surface area contributed by atoms with Crippen molar-refractivity contribution in [1.82, 2.24) is 0 Å². The van der Waals surface area contributed by atoms with Crippen molar-refractivity contribution < 1.29 is 13.9 Å². The number of nitrogens with two attached hydrogens (primary N) is 1. The fraction of sp³-hybridized carbons (Fsp3) is 0.625. The summed E-state index contributed by atoms with van der Waals surface area (Å²) in [4.78, 5) is 0. The van der Waals surface area contributed by atoms with Crippen molar-refractivity contribution in [2.24, 2.45) is 5.73 Å². The molecule has 1 aliphatic carbocycles. The monoisotopic (exact) mass is 279 g/mol. The third-order valence-electron chi connectivity index (χ3n) is 4.44. The molecule has 1 saturated carbocycles. The van der Waals surface area contributed by atoms with E-state index in [9.17, 15) is 4.39 Å². The fourth-order valence-corrected chi connectivity index (χ4v) is 3.14. The minimum absolute atomic E-state index is 0.0267. The first-order valence-electron chi connectivity index (χ1n) is 7.50. The number of hydrogen-bond acceptors (Lipinski definition) is 3. The van der Waals surface area contributed by atoms with Gasteiger partial charge in [-0.15, -0.1) is 0 Å². The maximum Gasteiger partial charge on any atom is 0.165 e. The SMILES string of the molecule is NCCc1ccc(OC2CCOC3(CCC3)C2)c(F)c1. The van der Waals surface area contributed by atoms with Gasteiger partial charge >= 0.3 is 0 Å². The molecule has 1 spiro atoms. The molecule has 0 bridgehead atoms. The van der Waals surface area contributed by atoms with Crippen molar-refractivity contribution in [3.05, 3.63) is 29.6 Å². The minimum Gasteiger partial charge on any atom is -0.487 e. The molecule has 1 aromatic rings. The topological polar surface area (TPSA) is 44.5 Å². The Morgan fingerprint density at radius 1 is 1.40 bits per heavy atom. The predicted octanol–water partition coefficient (Wildman–Crippen LogP) is 2.81. The van der Waals surface area contributed by atoms with Crippen LogP contribution >= 0.6 is 0 Å². The van der Waals surface area contributed by atoms with E-state index in [1.54, 1.807) is 6.07 Å². The smallest absolute Gasteiger partial charge is 0.165 e. The zero-order chi connectivity index (χ0) is 14.0. The van der Waals surface area contributed by atoms with Crippen molar-refractivity contribution in [2.45, 2.75) is 50.2 Å². The van der Waals surface area contributed by atoms with E-state index in [1.807, 2.05) is 6.07 Å². The fourth-order valence-electron chi connectivity index (χ4n) is 3.14. The summed E-state index contributed by atoms with van der Waals surface area (Å²) in [7, 11) is 0. The van der Waals surface area contributed by atoms with Crippen LogP contribution in [-0.2, 0) is 11.2 Å². The van der Waals surface area contributed by atoms with Gasteiger partial charge in [0.1, 0.15) is 6.10 Å². The molecule has 2 fully saturated rings. The first kappa shape index (κ1) is 13.8. The zero-order valence-corrected chi connectivity index (χ0v) is 11.7. The summed E-state index contributed by atoms with van der Waals surface area (Å²) >= 11 is 0. The molecule has 3 nitrogen and oxygen atoms in total. The van der Waals surface area contributed by atoms with Crippen molar-refractivity contribution in [3.63, 3.8) is 0 Å². The molecule has 0 aromatic heterocycles. The van der Waals surface area contributed by atoms with Gasteiger partial charge in [-0.2, -0.15) is 0 Å². The van der Waals surface area contributed by atoms with Gasteiger partial charge in [0.15, 0.2) is 11.6 Å². The number of benzene rings is 1. The highest BCUT2D eigenvalue weighted by molar-refractivity contribution is 5.29. The first-order chi connectivity index (χ1) is 9.71. The third-order valence-corrected chi connectivity index (χ3v) is 4.44. The van der Waals surface area contributed by atoms with E-state index in [0.717, 1.165) is 37.9 Å². The molecule has 0 radical (unpaired) electrons. The summed E-state index contributed by atoms with van der Waals surface area (Å²) in [6.07, 6.45) is 5.95. The molecule has 2 aliphatic rings. The third kappa shape index (κ3) is 2.81. The van der Waals surface area contributed by atoms with Crippen LogP contribution in [-0.4, -0.2) is 24.9 Å². The molecule has 2 N–H and O–H groups in total. The molecule has 1 atom stereocenters. The Labute approximate surface area is 119 Å². The van der Waals surface area contributed by atoms with Gasteiger partial charge in [-0.05, 0) is 49.9 Å². The molecule has 1 aliphatic heterocycles. The Kier molecular flexibility index (Phi) is 3.94. The molecule has 0 amide bonds. The number of ether oxygens (including phenoxy) is 2. The van der Waals surface area contributed by atoms with E-state index < -0.39 is 0 Å². The Bertz CT molecular complexity index is 474. The van der Waals surface area contributed by atoms with Crippen molar-refractivity contribution in [1.29, 1.82) is 0 Å². The van der Waals surface area contributed by atoms with Crippen LogP contribution in [0.25, 0.3) is 0 Å². The Balaban J connectivity index is 1.65. The van der Waals surface area contributed by atoms with Crippen LogP contribution in [0.15, 0.2) is 18.2 Å². The van der Waals surface area contributed by atoms with Gasteiger partial charge in [-0.25, -0.2) is 4.39 Å². The molecular weight excluding hydrogens is 257 g/mol. The lowest BCUT2D eigenvalue weighted by atomic mass is 9.74. The van der Waals surface area contributed by atoms with Crippen LogP contribution in [0.3, 0.4) is 0 Å². The lowest BCUT2D eigenvalue weighted by Crippen LogP contribution is -2.48. The van der Waals surface area contributed by atoms with Crippen molar-refractivity contribution >= 4 is 0 Å². The maximum absolute atomic E-state index is 14.0. The van der Waals surface area contributed by atoms with Gasteiger partial charge in [0.2, 0.25) is 0 Å². The average molecular weight is 279 g/mol. The van der Waals surface area contributed by atoms with E-state index in [0.29, 0.717) is 18.7 Å². The second-order valence-electron chi connectivity index (χ2n) is 5.92. The summed E-state index contributed by atoms with van der Waals surface area (Å²) in [5.74, 6) is 0.0669. The molecule has 110 valence electrons. The van der Waals surface area contributed by atoms with E-state index in [1.165, 1.54) is 12.5 Å². The number of hydrogen-bond donors (Lipinski definition) is 1.